The highest BCUT2D eigenvalue weighted by atomic mass is 32.2. The van der Waals surface area contributed by atoms with Gasteiger partial charge in [-0.25, -0.2) is 0 Å². The lowest BCUT2D eigenvalue weighted by atomic mass is 9.92. The molecule has 0 amide bonds. The summed E-state index contributed by atoms with van der Waals surface area (Å²) in [6.45, 7) is 0. The van der Waals surface area contributed by atoms with E-state index in [0.29, 0.717) is 0 Å². The number of hydrogen-bond acceptors (Lipinski definition) is 3. The molecule has 2 heterocycles. The Hall–Kier alpha value is -4.47. The molecule has 0 saturated carbocycles. The Morgan fingerprint density at radius 1 is 0.514 bits per heavy atom. The molecule has 0 fully saturated rings. The quantitative estimate of drug-likeness (QED) is 0.230. The second-order valence-corrected chi connectivity index (χ2v) is 10.2. The Morgan fingerprint density at radius 2 is 1.24 bits per heavy atom. The first-order valence-corrected chi connectivity index (χ1v) is 13.1. The Balaban J connectivity index is 1.41. The molecule has 0 N–H and O–H groups in total. The second-order valence-electron chi connectivity index (χ2n) is 9.07. The van der Waals surface area contributed by atoms with E-state index in [1.807, 2.05) is 48.6 Å². The summed E-state index contributed by atoms with van der Waals surface area (Å²) in [5.74, 6) is 0. The van der Waals surface area contributed by atoms with Gasteiger partial charge in [-0.05, 0) is 74.5 Å². The molecule has 2 aromatic heterocycles. The molecule has 37 heavy (non-hydrogen) atoms. The van der Waals surface area contributed by atoms with Gasteiger partial charge in [0.25, 0.3) is 0 Å². The normalized spacial score (nSPS) is 11.4. The smallest absolute Gasteiger partial charge is 0.0701 e. The van der Waals surface area contributed by atoms with Gasteiger partial charge in [0.05, 0.1) is 5.69 Å². The monoisotopic (exact) mass is 490 g/mol. The van der Waals surface area contributed by atoms with Crippen molar-refractivity contribution in [1.29, 1.82) is 0 Å². The third kappa shape index (κ3) is 3.94. The number of nitrogens with zero attached hydrogens (tertiary/aromatic N) is 2. The fourth-order valence-corrected chi connectivity index (χ4v) is 6.18. The second kappa shape index (κ2) is 9.20. The van der Waals surface area contributed by atoms with Crippen LogP contribution in [-0.4, -0.2) is 9.97 Å². The van der Waals surface area contributed by atoms with E-state index in [2.05, 4.69) is 107 Å². The van der Waals surface area contributed by atoms with E-state index in [0.717, 1.165) is 11.3 Å². The molecule has 2 nitrogen and oxygen atoms in total. The van der Waals surface area contributed by atoms with Gasteiger partial charge in [-0.3, -0.25) is 9.97 Å². The van der Waals surface area contributed by atoms with Gasteiger partial charge >= 0.3 is 0 Å². The first kappa shape index (κ1) is 21.8. The van der Waals surface area contributed by atoms with Gasteiger partial charge in [-0.2, -0.15) is 0 Å². The summed E-state index contributed by atoms with van der Waals surface area (Å²) < 4.78 is 0. The van der Waals surface area contributed by atoms with Crippen LogP contribution < -0.4 is 0 Å². The molecular formula is C34H22N2S. The average molecular weight is 491 g/mol. The Labute approximate surface area is 219 Å². The average Bonchev–Trinajstić information content (AvgIpc) is 2.98. The predicted molar refractivity (Wildman–Crippen MR) is 156 cm³/mol. The van der Waals surface area contributed by atoms with Crippen LogP contribution in [0, 0.1) is 0 Å². The standard InChI is InChI=1S/C34H22N2S/c1-2-8-25-21-26(13-12-23(25)7-1)33-28-9-3-4-10-29(28)34(30-18-20-35-22-31(30)33)37-27-16-14-24(15-17-27)32-11-5-6-19-36-32/h1-22H. The molecule has 5 aromatic carbocycles. The first-order valence-electron chi connectivity index (χ1n) is 12.3. The van der Waals surface area contributed by atoms with Gasteiger partial charge in [0.1, 0.15) is 0 Å². The van der Waals surface area contributed by atoms with Gasteiger partial charge < -0.3 is 0 Å². The Bertz CT molecular complexity index is 1840. The van der Waals surface area contributed by atoms with Crippen LogP contribution in [-0.2, 0) is 0 Å². The molecule has 0 atom stereocenters. The molecule has 0 unspecified atom stereocenters. The molecule has 0 saturated heterocycles. The highest BCUT2D eigenvalue weighted by Gasteiger charge is 2.16. The van der Waals surface area contributed by atoms with Crippen molar-refractivity contribution in [2.45, 2.75) is 9.79 Å². The molecule has 3 heteroatoms. The van der Waals surface area contributed by atoms with Crippen molar-refractivity contribution in [1.82, 2.24) is 9.97 Å². The molecule has 0 radical (unpaired) electrons. The van der Waals surface area contributed by atoms with Crippen LogP contribution in [0.1, 0.15) is 0 Å². The molecule has 174 valence electrons. The van der Waals surface area contributed by atoms with Crippen LogP contribution in [0.4, 0.5) is 0 Å². The zero-order valence-electron chi connectivity index (χ0n) is 20.0. The summed E-state index contributed by atoms with van der Waals surface area (Å²) in [6, 6.07) is 40.9. The lowest BCUT2D eigenvalue weighted by Gasteiger charge is -2.17. The number of pyridine rings is 2. The SMILES string of the molecule is c1ccc(-c2ccc(Sc3c4ccccc4c(-c4ccc5ccccc5c4)c4cnccc34)cc2)nc1. The van der Waals surface area contributed by atoms with Crippen molar-refractivity contribution < 1.29 is 0 Å². The van der Waals surface area contributed by atoms with E-state index in [9.17, 15) is 0 Å². The highest BCUT2D eigenvalue weighted by Crippen LogP contribution is 2.45. The van der Waals surface area contributed by atoms with Gasteiger partial charge in [-0.15, -0.1) is 0 Å². The maximum Gasteiger partial charge on any atom is 0.0701 e. The fraction of sp³-hybridized carbons (Fsp3) is 0. The van der Waals surface area contributed by atoms with Crippen molar-refractivity contribution in [3.63, 3.8) is 0 Å². The van der Waals surface area contributed by atoms with Crippen LogP contribution >= 0.6 is 11.8 Å². The van der Waals surface area contributed by atoms with Crippen LogP contribution in [0.25, 0.3) is 54.7 Å². The van der Waals surface area contributed by atoms with Crippen molar-refractivity contribution in [2.24, 2.45) is 0 Å². The van der Waals surface area contributed by atoms with E-state index in [-0.39, 0.29) is 0 Å². The molecule has 0 aliphatic carbocycles. The number of aromatic nitrogens is 2. The minimum atomic E-state index is 0.987. The topological polar surface area (TPSA) is 25.8 Å². The maximum atomic E-state index is 4.55. The minimum absolute atomic E-state index is 0.987. The van der Waals surface area contributed by atoms with Crippen molar-refractivity contribution in [2.75, 3.05) is 0 Å². The number of hydrogen-bond donors (Lipinski definition) is 0. The minimum Gasteiger partial charge on any atom is -0.264 e. The van der Waals surface area contributed by atoms with E-state index < -0.39 is 0 Å². The summed E-state index contributed by atoms with van der Waals surface area (Å²) >= 11 is 1.81. The van der Waals surface area contributed by atoms with Gasteiger partial charge in [0.2, 0.25) is 0 Å². The predicted octanol–water partition coefficient (Wildman–Crippen LogP) is 9.42. The third-order valence-electron chi connectivity index (χ3n) is 6.85. The number of fused-ring (bicyclic) bond motifs is 3. The summed E-state index contributed by atoms with van der Waals surface area (Å²) in [7, 11) is 0. The highest BCUT2D eigenvalue weighted by molar-refractivity contribution is 7.99. The molecule has 7 aromatic rings. The largest absolute Gasteiger partial charge is 0.264 e. The fourth-order valence-electron chi connectivity index (χ4n) is 5.09. The van der Waals surface area contributed by atoms with E-state index in [1.165, 1.54) is 53.2 Å². The molecule has 0 aliphatic heterocycles. The molecule has 0 bridgehead atoms. The summed E-state index contributed by atoms with van der Waals surface area (Å²) in [6.07, 6.45) is 5.75. The zero-order chi connectivity index (χ0) is 24.6. The van der Waals surface area contributed by atoms with Crippen LogP contribution in [0.3, 0.4) is 0 Å². The van der Waals surface area contributed by atoms with Gasteiger partial charge in [0.15, 0.2) is 0 Å². The first-order chi connectivity index (χ1) is 18.3. The van der Waals surface area contributed by atoms with E-state index in [1.54, 1.807) is 0 Å². The lowest BCUT2D eigenvalue weighted by molar-refractivity contribution is 1.32. The van der Waals surface area contributed by atoms with Crippen molar-refractivity contribution in [3.05, 3.63) is 134 Å². The van der Waals surface area contributed by atoms with Crippen molar-refractivity contribution in [3.8, 4) is 22.4 Å². The summed E-state index contributed by atoms with van der Waals surface area (Å²) in [5.41, 5.74) is 4.56. The Morgan fingerprint density at radius 3 is 2.08 bits per heavy atom. The third-order valence-corrected chi connectivity index (χ3v) is 8.00. The van der Waals surface area contributed by atoms with Gasteiger partial charge in [0, 0.05) is 39.3 Å². The summed E-state index contributed by atoms with van der Waals surface area (Å²) in [4.78, 5) is 11.5. The lowest BCUT2D eigenvalue weighted by Crippen LogP contribution is -1.90. The maximum absolute atomic E-state index is 4.55. The number of benzene rings is 5. The molecule has 0 aliphatic rings. The summed E-state index contributed by atoms with van der Waals surface area (Å²) in [5, 5.41) is 7.38. The molecule has 0 spiro atoms. The van der Waals surface area contributed by atoms with E-state index in [4.69, 9.17) is 0 Å². The van der Waals surface area contributed by atoms with Crippen molar-refractivity contribution >= 4 is 44.1 Å². The van der Waals surface area contributed by atoms with Crippen LogP contribution in [0.15, 0.2) is 144 Å². The molecule has 7 rings (SSSR count). The van der Waals surface area contributed by atoms with Crippen LogP contribution in [0.2, 0.25) is 0 Å². The number of rotatable bonds is 4. The van der Waals surface area contributed by atoms with Gasteiger partial charge in [-0.1, -0.05) is 90.6 Å². The Kier molecular flexibility index (Phi) is 5.41. The van der Waals surface area contributed by atoms with E-state index >= 15 is 0 Å². The molecular weight excluding hydrogens is 468 g/mol. The van der Waals surface area contributed by atoms with Crippen LogP contribution in [0.5, 0.6) is 0 Å². The zero-order valence-corrected chi connectivity index (χ0v) is 20.8.